The van der Waals surface area contributed by atoms with E-state index in [9.17, 15) is 9.59 Å². The summed E-state index contributed by atoms with van der Waals surface area (Å²) in [6.07, 6.45) is 2.86. The van der Waals surface area contributed by atoms with Crippen molar-refractivity contribution >= 4 is 23.6 Å². The Labute approximate surface area is 152 Å². The summed E-state index contributed by atoms with van der Waals surface area (Å²) in [7, 11) is 1.57. The molecule has 0 fully saturated rings. The van der Waals surface area contributed by atoms with Crippen LogP contribution in [0.1, 0.15) is 12.5 Å². The van der Waals surface area contributed by atoms with E-state index in [1.165, 1.54) is 6.08 Å². The van der Waals surface area contributed by atoms with Crippen molar-refractivity contribution in [2.24, 2.45) is 0 Å². The largest absolute Gasteiger partial charge is 0.497 e. The molecule has 6 nitrogen and oxygen atoms in total. The molecule has 0 spiro atoms. The van der Waals surface area contributed by atoms with E-state index in [1.807, 2.05) is 19.1 Å². The first-order valence-electron chi connectivity index (χ1n) is 8.12. The lowest BCUT2D eigenvalue weighted by atomic mass is 10.2. The van der Waals surface area contributed by atoms with Crippen molar-refractivity contribution in [1.82, 2.24) is 0 Å². The normalized spacial score (nSPS) is 10.4. The van der Waals surface area contributed by atoms with Gasteiger partial charge in [0.25, 0.3) is 5.91 Å². The second-order valence-electron chi connectivity index (χ2n) is 5.22. The van der Waals surface area contributed by atoms with Gasteiger partial charge in [-0.1, -0.05) is 12.1 Å². The van der Waals surface area contributed by atoms with Gasteiger partial charge in [-0.25, -0.2) is 4.79 Å². The fourth-order valence-corrected chi connectivity index (χ4v) is 2.09. The lowest BCUT2D eigenvalue weighted by Crippen LogP contribution is -2.20. The lowest BCUT2D eigenvalue weighted by Gasteiger charge is -2.07. The number of benzene rings is 2. The van der Waals surface area contributed by atoms with E-state index >= 15 is 0 Å². The van der Waals surface area contributed by atoms with Gasteiger partial charge in [-0.05, 0) is 55.0 Å². The molecule has 0 saturated heterocycles. The van der Waals surface area contributed by atoms with Crippen LogP contribution in [0.15, 0.2) is 54.6 Å². The van der Waals surface area contributed by atoms with Crippen LogP contribution in [0.4, 0.5) is 5.69 Å². The average Bonchev–Trinajstić information content (AvgIpc) is 2.66. The minimum Gasteiger partial charge on any atom is -0.497 e. The summed E-state index contributed by atoms with van der Waals surface area (Å²) in [6.45, 7) is 2.10. The zero-order chi connectivity index (χ0) is 18.8. The first-order chi connectivity index (χ1) is 12.6. The minimum atomic E-state index is -0.602. The molecule has 6 heteroatoms. The van der Waals surface area contributed by atoms with E-state index < -0.39 is 11.9 Å². The highest BCUT2D eigenvalue weighted by Gasteiger charge is 2.06. The first-order valence-corrected chi connectivity index (χ1v) is 8.12. The van der Waals surface area contributed by atoms with Gasteiger partial charge in [0.2, 0.25) is 0 Å². The summed E-state index contributed by atoms with van der Waals surface area (Å²) < 4.78 is 15.4. The molecule has 0 aliphatic heterocycles. The van der Waals surface area contributed by atoms with Gasteiger partial charge in [0.1, 0.15) is 11.5 Å². The number of esters is 1. The van der Waals surface area contributed by atoms with Crippen molar-refractivity contribution in [2.75, 3.05) is 25.6 Å². The quantitative estimate of drug-likeness (QED) is 0.581. The van der Waals surface area contributed by atoms with Gasteiger partial charge in [0.05, 0.1) is 13.7 Å². The maximum absolute atomic E-state index is 11.8. The van der Waals surface area contributed by atoms with Crippen molar-refractivity contribution in [3.8, 4) is 11.5 Å². The summed E-state index contributed by atoms with van der Waals surface area (Å²) in [5, 5.41) is 2.64. The second-order valence-corrected chi connectivity index (χ2v) is 5.22. The first kappa shape index (κ1) is 19.1. The minimum absolute atomic E-state index is 0.367. The highest BCUT2D eigenvalue weighted by atomic mass is 16.5. The summed E-state index contributed by atoms with van der Waals surface area (Å²) in [5.74, 6) is 0.391. The van der Waals surface area contributed by atoms with Crippen LogP contribution in [-0.4, -0.2) is 32.2 Å². The predicted molar refractivity (Wildman–Crippen MR) is 99.2 cm³/mol. The van der Waals surface area contributed by atoms with Crippen LogP contribution in [-0.2, 0) is 14.3 Å². The van der Waals surface area contributed by atoms with E-state index in [2.05, 4.69) is 5.32 Å². The highest BCUT2D eigenvalue weighted by molar-refractivity contribution is 5.94. The Morgan fingerprint density at radius 3 is 2.54 bits per heavy atom. The second kappa shape index (κ2) is 9.88. The molecule has 0 aromatic heterocycles. The average molecular weight is 355 g/mol. The van der Waals surface area contributed by atoms with Crippen LogP contribution in [0.2, 0.25) is 0 Å². The molecule has 26 heavy (non-hydrogen) atoms. The summed E-state index contributed by atoms with van der Waals surface area (Å²) in [4.78, 5) is 23.5. The number of amides is 1. The van der Waals surface area contributed by atoms with Crippen molar-refractivity contribution < 1.29 is 23.8 Å². The molecule has 0 saturated carbocycles. The Morgan fingerprint density at radius 2 is 1.85 bits per heavy atom. The Balaban J connectivity index is 1.78. The van der Waals surface area contributed by atoms with Crippen LogP contribution in [0.3, 0.4) is 0 Å². The summed E-state index contributed by atoms with van der Waals surface area (Å²) >= 11 is 0. The molecule has 0 unspecified atom stereocenters. The number of carbonyl (C=O) groups is 2. The van der Waals surface area contributed by atoms with Crippen LogP contribution < -0.4 is 14.8 Å². The number of carbonyl (C=O) groups excluding carboxylic acids is 2. The van der Waals surface area contributed by atoms with Crippen LogP contribution in [0.5, 0.6) is 11.5 Å². The van der Waals surface area contributed by atoms with Gasteiger partial charge in [0, 0.05) is 11.8 Å². The van der Waals surface area contributed by atoms with Crippen molar-refractivity contribution in [2.45, 2.75) is 6.92 Å². The number of ether oxygens (including phenoxy) is 3. The fraction of sp³-hybridized carbons (Fsp3) is 0.200. The molecule has 2 aromatic rings. The molecule has 2 aromatic carbocycles. The van der Waals surface area contributed by atoms with E-state index in [-0.39, 0.29) is 6.61 Å². The molecular formula is C20H21NO5. The third-order valence-electron chi connectivity index (χ3n) is 3.30. The Kier molecular flexibility index (Phi) is 7.24. The van der Waals surface area contributed by atoms with Crippen LogP contribution in [0, 0.1) is 0 Å². The van der Waals surface area contributed by atoms with Crippen LogP contribution in [0.25, 0.3) is 6.08 Å². The molecule has 0 heterocycles. The number of hydrogen-bond acceptors (Lipinski definition) is 5. The molecule has 136 valence electrons. The number of anilines is 1. The predicted octanol–water partition coefficient (Wildman–Crippen LogP) is 3.29. The van der Waals surface area contributed by atoms with Crippen molar-refractivity contribution in [3.63, 3.8) is 0 Å². The SMILES string of the molecule is CCOc1ccc(NC(=O)COC(=O)C=Cc2cccc(OC)c2)cc1. The van der Waals surface area contributed by atoms with Gasteiger partial charge in [-0.15, -0.1) is 0 Å². The number of methoxy groups -OCH3 is 1. The summed E-state index contributed by atoms with van der Waals surface area (Å²) in [6, 6.07) is 14.2. The number of rotatable bonds is 8. The Hall–Kier alpha value is -3.28. The third kappa shape index (κ3) is 6.32. The standard InChI is InChI=1S/C20H21NO5/c1-3-25-17-10-8-16(9-11-17)21-19(22)14-26-20(23)12-7-15-5-4-6-18(13-15)24-2/h4-13H,3,14H2,1-2H3,(H,21,22). The fourth-order valence-electron chi connectivity index (χ4n) is 2.09. The topological polar surface area (TPSA) is 73.9 Å². The molecule has 0 bridgehead atoms. The smallest absolute Gasteiger partial charge is 0.331 e. The Bertz CT molecular complexity index is 768. The zero-order valence-electron chi connectivity index (χ0n) is 14.7. The molecular weight excluding hydrogens is 334 g/mol. The number of nitrogens with one attached hydrogen (secondary N) is 1. The Morgan fingerprint density at radius 1 is 1.08 bits per heavy atom. The van der Waals surface area contributed by atoms with Crippen molar-refractivity contribution in [3.05, 3.63) is 60.2 Å². The highest BCUT2D eigenvalue weighted by Crippen LogP contribution is 2.15. The summed E-state index contributed by atoms with van der Waals surface area (Å²) in [5.41, 5.74) is 1.39. The van der Waals surface area contributed by atoms with Crippen LogP contribution >= 0.6 is 0 Å². The molecule has 2 rings (SSSR count). The molecule has 1 N–H and O–H groups in total. The molecule has 0 aliphatic carbocycles. The van der Waals surface area contributed by atoms with Gasteiger partial charge in [-0.2, -0.15) is 0 Å². The number of hydrogen-bond donors (Lipinski definition) is 1. The van der Waals surface area contributed by atoms with Gasteiger partial charge < -0.3 is 19.5 Å². The van der Waals surface area contributed by atoms with Gasteiger partial charge in [-0.3, -0.25) is 4.79 Å². The molecule has 0 radical (unpaired) electrons. The monoisotopic (exact) mass is 355 g/mol. The van der Waals surface area contributed by atoms with E-state index in [4.69, 9.17) is 14.2 Å². The maximum atomic E-state index is 11.8. The van der Waals surface area contributed by atoms with Gasteiger partial charge >= 0.3 is 5.97 Å². The lowest BCUT2D eigenvalue weighted by molar-refractivity contribution is -0.142. The molecule has 1 amide bonds. The third-order valence-corrected chi connectivity index (χ3v) is 3.30. The molecule has 0 atom stereocenters. The van der Waals surface area contributed by atoms with E-state index in [0.29, 0.717) is 18.0 Å². The maximum Gasteiger partial charge on any atom is 0.331 e. The molecule has 0 aliphatic rings. The van der Waals surface area contributed by atoms with E-state index in [0.717, 1.165) is 11.3 Å². The zero-order valence-corrected chi connectivity index (χ0v) is 14.7. The van der Waals surface area contributed by atoms with Gasteiger partial charge in [0.15, 0.2) is 6.61 Å². The van der Waals surface area contributed by atoms with Crippen molar-refractivity contribution in [1.29, 1.82) is 0 Å². The van der Waals surface area contributed by atoms with E-state index in [1.54, 1.807) is 49.6 Å².